The molecule has 0 unspecified atom stereocenters. The lowest BCUT2D eigenvalue weighted by Gasteiger charge is -2.09. The lowest BCUT2D eigenvalue weighted by molar-refractivity contribution is 0.579. The highest BCUT2D eigenvalue weighted by atomic mass is 32.2. The van der Waals surface area contributed by atoms with Gasteiger partial charge in [-0.15, -0.1) is 0 Å². The average Bonchev–Trinajstić information content (AvgIpc) is 2.48. The lowest BCUT2D eigenvalue weighted by Crippen LogP contribution is -2.24. The summed E-state index contributed by atoms with van der Waals surface area (Å²) in [7, 11) is -3.91. The molecule has 0 bridgehead atoms. The van der Waals surface area contributed by atoms with E-state index in [9.17, 15) is 12.8 Å². The van der Waals surface area contributed by atoms with Crippen molar-refractivity contribution >= 4 is 15.7 Å². The van der Waals surface area contributed by atoms with Gasteiger partial charge in [-0.2, -0.15) is 5.26 Å². The molecule has 2 rings (SSSR count). The molecule has 0 spiro atoms. The fourth-order valence-electron chi connectivity index (χ4n) is 1.70. The number of sulfonamides is 1. The zero-order chi connectivity index (χ0) is 15.5. The highest BCUT2D eigenvalue weighted by Crippen LogP contribution is 2.21. The number of nitrogens with zero attached hydrogens (tertiary/aromatic N) is 1. The van der Waals surface area contributed by atoms with Crippen LogP contribution in [0.15, 0.2) is 47.4 Å². The number of nitrogen functional groups attached to an aromatic ring is 1. The minimum atomic E-state index is -3.91. The Morgan fingerprint density at radius 1 is 1.19 bits per heavy atom. The summed E-state index contributed by atoms with van der Waals surface area (Å²) in [5.41, 5.74) is 6.19. The summed E-state index contributed by atoms with van der Waals surface area (Å²) in [4.78, 5) is -0.295. The van der Waals surface area contributed by atoms with E-state index in [-0.39, 0.29) is 11.4 Å². The molecule has 0 amide bonds. The number of rotatable bonds is 4. The third kappa shape index (κ3) is 3.37. The summed E-state index contributed by atoms with van der Waals surface area (Å²) in [5, 5.41) is 8.68. The maximum atomic E-state index is 13.3. The molecule has 7 heteroatoms. The van der Waals surface area contributed by atoms with Crippen molar-refractivity contribution in [3.8, 4) is 6.07 Å². The van der Waals surface area contributed by atoms with Crippen LogP contribution >= 0.6 is 0 Å². The zero-order valence-electron chi connectivity index (χ0n) is 10.9. The summed E-state index contributed by atoms with van der Waals surface area (Å²) < 4.78 is 39.8. The first-order chi connectivity index (χ1) is 9.94. The van der Waals surface area contributed by atoms with Crippen LogP contribution in [0, 0.1) is 17.1 Å². The number of halogens is 1. The van der Waals surface area contributed by atoms with E-state index in [1.54, 1.807) is 24.3 Å². The van der Waals surface area contributed by atoms with Crippen molar-refractivity contribution < 1.29 is 12.8 Å². The molecule has 0 atom stereocenters. The highest BCUT2D eigenvalue weighted by molar-refractivity contribution is 7.89. The van der Waals surface area contributed by atoms with Gasteiger partial charge in [-0.3, -0.25) is 0 Å². The molecule has 108 valence electrons. The van der Waals surface area contributed by atoms with E-state index < -0.39 is 21.5 Å². The van der Waals surface area contributed by atoms with E-state index in [0.29, 0.717) is 11.1 Å². The van der Waals surface area contributed by atoms with Crippen molar-refractivity contribution in [2.75, 3.05) is 5.73 Å². The Kier molecular flexibility index (Phi) is 4.21. The van der Waals surface area contributed by atoms with Crippen LogP contribution in [0.1, 0.15) is 11.1 Å². The van der Waals surface area contributed by atoms with E-state index in [0.717, 1.165) is 6.07 Å². The molecule has 0 saturated carbocycles. The third-order valence-corrected chi connectivity index (χ3v) is 4.31. The van der Waals surface area contributed by atoms with E-state index in [4.69, 9.17) is 11.0 Å². The quantitative estimate of drug-likeness (QED) is 0.841. The number of hydrogen-bond acceptors (Lipinski definition) is 4. The molecule has 21 heavy (non-hydrogen) atoms. The van der Waals surface area contributed by atoms with Crippen LogP contribution in [-0.2, 0) is 16.6 Å². The largest absolute Gasteiger partial charge is 0.395 e. The maximum absolute atomic E-state index is 13.3. The second-order valence-electron chi connectivity index (χ2n) is 4.28. The fourth-order valence-corrected chi connectivity index (χ4v) is 2.86. The van der Waals surface area contributed by atoms with Gasteiger partial charge < -0.3 is 5.73 Å². The monoisotopic (exact) mass is 305 g/mol. The Morgan fingerprint density at radius 2 is 1.86 bits per heavy atom. The summed E-state index contributed by atoms with van der Waals surface area (Å²) in [6.45, 7) is 0.0179. The van der Waals surface area contributed by atoms with Crippen LogP contribution in [0.25, 0.3) is 0 Å². The Balaban J connectivity index is 2.18. The van der Waals surface area contributed by atoms with Gasteiger partial charge in [0.15, 0.2) is 0 Å². The molecule has 2 aromatic carbocycles. The molecular weight excluding hydrogens is 293 g/mol. The smallest absolute Gasteiger partial charge is 0.243 e. The first-order valence-electron chi connectivity index (χ1n) is 5.97. The molecule has 0 aliphatic heterocycles. The molecule has 0 heterocycles. The van der Waals surface area contributed by atoms with Crippen LogP contribution in [0.3, 0.4) is 0 Å². The Bertz CT molecular complexity index is 796. The molecule has 0 saturated heterocycles. The summed E-state index contributed by atoms with van der Waals surface area (Å²) in [5.74, 6) is -0.781. The fraction of sp³-hybridized carbons (Fsp3) is 0.0714. The van der Waals surface area contributed by atoms with Gasteiger partial charge in [0.05, 0.1) is 17.3 Å². The predicted molar refractivity (Wildman–Crippen MR) is 76.0 cm³/mol. The molecule has 0 aromatic heterocycles. The van der Waals surface area contributed by atoms with Gasteiger partial charge in [-0.05, 0) is 29.8 Å². The van der Waals surface area contributed by atoms with Gasteiger partial charge in [-0.1, -0.05) is 18.2 Å². The average molecular weight is 305 g/mol. The third-order valence-electron chi connectivity index (χ3n) is 2.85. The topological polar surface area (TPSA) is 96.0 Å². The molecule has 0 fully saturated rings. The Morgan fingerprint density at radius 3 is 2.48 bits per heavy atom. The van der Waals surface area contributed by atoms with E-state index >= 15 is 0 Å². The van der Waals surface area contributed by atoms with Crippen LogP contribution in [0.5, 0.6) is 0 Å². The Labute approximate surface area is 121 Å². The number of nitrogens with one attached hydrogen (secondary N) is 1. The lowest BCUT2D eigenvalue weighted by atomic mass is 10.1. The van der Waals surface area contributed by atoms with Gasteiger partial charge in [-0.25, -0.2) is 17.5 Å². The van der Waals surface area contributed by atoms with E-state index in [1.165, 1.54) is 12.1 Å². The SMILES string of the molecule is N#Cc1ccc(CNS(=O)(=O)c2cccc(F)c2N)cc1. The number of anilines is 1. The first kappa shape index (κ1) is 15.0. The van der Waals surface area contributed by atoms with Gasteiger partial charge in [0.1, 0.15) is 10.7 Å². The van der Waals surface area contributed by atoms with E-state index in [1.807, 2.05) is 6.07 Å². The second-order valence-corrected chi connectivity index (χ2v) is 6.02. The van der Waals surface area contributed by atoms with Crippen molar-refractivity contribution in [2.45, 2.75) is 11.4 Å². The molecular formula is C14H12FN3O2S. The van der Waals surface area contributed by atoms with Crippen molar-refractivity contribution in [1.29, 1.82) is 5.26 Å². The molecule has 5 nitrogen and oxygen atoms in total. The van der Waals surface area contributed by atoms with Crippen molar-refractivity contribution in [2.24, 2.45) is 0 Å². The number of nitriles is 1. The summed E-state index contributed by atoms with van der Waals surface area (Å²) >= 11 is 0. The van der Waals surface area contributed by atoms with Gasteiger partial charge >= 0.3 is 0 Å². The number of para-hydroxylation sites is 1. The Hall–Kier alpha value is -2.43. The van der Waals surface area contributed by atoms with Crippen LogP contribution in [0.4, 0.5) is 10.1 Å². The van der Waals surface area contributed by atoms with Gasteiger partial charge in [0.2, 0.25) is 10.0 Å². The molecule has 0 aliphatic carbocycles. The second kappa shape index (κ2) is 5.91. The van der Waals surface area contributed by atoms with E-state index in [2.05, 4.69) is 4.72 Å². The minimum Gasteiger partial charge on any atom is -0.395 e. The van der Waals surface area contributed by atoms with Crippen LogP contribution in [0.2, 0.25) is 0 Å². The summed E-state index contributed by atoms with van der Waals surface area (Å²) in [6.07, 6.45) is 0. The van der Waals surface area contributed by atoms with Gasteiger partial charge in [0, 0.05) is 6.54 Å². The number of nitrogens with two attached hydrogens (primary N) is 1. The molecule has 0 aliphatic rings. The highest BCUT2D eigenvalue weighted by Gasteiger charge is 2.19. The number of benzene rings is 2. The zero-order valence-corrected chi connectivity index (χ0v) is 11.7. The molecule has 3 N–H and O–H groups in total. The van der Waals surface area contributed by atoms with Crippen molar-refractivity contribution in [1.82, 2.24) is 4.72 Å². The van der Waals surface area contributed by atoms with Crippen LogP contribution < -0.4 is 10.5 Å². The predicted octanol–water partition coefficient (Wildman–Crippen LogP) is 1.76. The first-order valence-corrected chi connectivity index (χ1v) is 7.45. The normalized spacial score (nSPS) is 11.0. The van der Waals surface area contributed by atoms with Crippen molar-refractivity contribution in [3.63, 3.8) is 0 Å². The van der Waals surface area contributed by atoms with Gasteiger partial charge in [0.25, 0.3) is 0 Å². The molecule has 2 aromatic rings. The van der Waals surface area contributed by atoms with Crippen LogP contribution in [-0.4, -0.2) is 8.42 Å². The van der Waals surface area contributed by atoms with Crippen molar-refractivity contribution in [3.05, 3.63) is 59.4 Å². The maximum Gasteiger partial charge on any atom is 0.243 e. The summed E-state index contributed by atoms with van der Waals surface area (Å²) in [6, 6.07) is 12.0. The number of hydrogen-bond donors (Lipinski definition) is 2. The minimum absolute atomic E-state index is 0.0179. The molecule has 0 radical (unpaired) electrons. The standard InChI is InChI=1S/C14H12FN3O2S/c15-12-2-1-3-13(14(12)17)21(19,20)18-9-11-6-4-10(8-16)5-7-11/h1-7,18H,9,17H2.